The topological polar surface area (TPSA) is 70.0 Å². The number of carbonyl (C=O) groups is 1. The van der Waals surface area contributed by atoms with Gasteiger partial charge in [-0.3, -0.25) is 9.59 Å². The smallest absolute Gasteiger partial charge is 0.263 e. The normalized spacial score (nSPS) is 11.0. The Kier molecular flexibility index (Phi) is 10.2. The third-order valence-corrected chi connectivity index (χ3v) is 7.91. The number of hydrogen-bond acceptors (Lipinski definition) is 5. The molecule has 0 spiro atoms. The molecule has 5 aromatic rings. The second-order valence-electron chi connectivity index (χ2n) is 10.6. The highest BCUT2D eigenvalue weighted by atomic mass is 35.5. The molecule has 0 saturated heterocycles. The quantitative estimate of drug-likeness (QED) is 0.103. The Balaban J connectivity index is 1.54. The Bertz CT molecular complexity index is 1890. The summed E-state index contributed by atoms with van der Waals surface area (Å²) >= 11 is 5.89. The number of rotatable bonds is 12. The first-order chi connectivity index (χ1) is 22.2. The van der Waals surface area contributed by atoms with Crippen LogP contribution in [0.3, 0.4) is 0 Å². The zero-order valence-corrected chi connectivity index (χ0v) is 26.4. The number of hydrogen-bond donors (Lipinski definition) is 0. The number of pyridine rings is 1. The number of aromatic nitrogens is 1. The molecule has 0 aliphatic heterocycles. The van der Waals surface area contributed by atoms with Crippen molar-refractivity contribution in [3.63, 3.8) is 0 Å². The lowest BCUT2D eigenvalue weighted by Crippen LogP contribution is -2.35. The van der Waals surface area contributed by atoms with E-state index < -0.39 is 23.0 Å². The van der Waals surface area contributed by atoms with Crippen molar-refractivity contribution in [3.8, 4) is 22.9 Å². The Hall–Kier alpha value is -4.89. The van der Waals surface area contributed by atoms with E-state index in [0.29, 0.717) is 40.9 Å². The standard InChI is InChI=1S/C36H33ClF2N2O5/c1-4-40(27-15-25(38)14-26(39)16-27)36(43)33-22-41(28-17-30(44-2)19-31(18-28)45-3)34-20-29(11-12-32(34)35(33)42)46-13-5-6-23-7-9-24(21-37)10-8-23/h7-12,14-20,22H,4-6,13,21H2,1-3H3. The molecule has 46 heavy (non-hydrogen) atoms. The first kappa shape index (κ1) is 32.5. The summed E-state index contributed by atoms with van der Waals surface area (Å²) in [6.45, 7) is 2.16. The van der Waals surface area contributed by atoms with E-state index in [4.69, 9.17) is 25.8 Å². The number of alkyl halides is 1. The maximum atomic E-state index is 14.1. The summed E-state index contributed by atoms with van der Waals surface area (Å²) in [5, 5.41) is 0.251. The van der Waals surface area contributed by atoms with Gasteiger partial charge in [-0.1, -0.05) is 24.3 Å². The summed E-state index contributed by atoms with van der Waals surface area (Å²) < 4.78 is 46.9. The highest BCUT2D eigenvalue weighted by molar-refractivity contribution is 6.17. The van der Waals surface area contributed by atoms with Crippen LogP contribution in [0.1, 0.15) is 34.8 Å². The molecule has 10 heteroatoms. The van der Waals surface area contributed by atoms with Gasteiger partial charge in [-0.25, -0.2) is 8.78 Å². The highest BCUT2D eigenvalue weighted by Crippen LogP contribution is 2.29. The van der Waals surface area contributed by atoms with Gasteiger partial charge in [0.05, 0.1) is 32.0 Å². The predicted octanol–water partition coefficient (Wildman–Crippen LogP) is 7.70. The minimum Gasteiger partial charge on any atom is -0.497 e. The van der Waals surface area contributed by atoms with Crippen LogP contribution in [-0.4, -0.2) is 37.8 Å². The van der Waals surface area contributed by atoms with Crippen molar-refractivity contribution in [3.05, 3.63) is 124 Å². The van der Waals surface area contributed by atoms with Crippen LogP contribution in [0.5, 0.6) is 17.2 Å². The van der Waals surface area contributed by atoms with Crippen LogP contribution < -0.4 is 24.5 Å². The van der Waals surface area contributed by atoms with Crippen LogP contribution >= 0.6 is 11.6 Å². The number of carbonyl (C=O) groups excluding carboxylic acids is 1. The molecule has 0 radical (unpaired) electrons. The SMILES string of the molecule is CCN(C(=O)c1cn(-c2cc(OC)cc(OC)c2)c2cc(OCCCc3ccc(CCl)cc3)ccc2c1=O)c1cc(F)cc(F)c1. The Morgan fingerprint density at radius 3 is 2.11 bits per heavy atom. The van der Waals surface area contributed by atoms with E-state index in [1.807, 2.05) is 12.1 Å². The van der Waals surface area contributed by atoms with E-state index in [9.17, 15) is 18.4 Å². The Morgan fingerprint density at radius 2 is 1.50 bits per heavy atom. The first-order valence-corrected chi connectivity index (χ1v) is 15.3. The van der Waals surface area contributed by atoms with Crippen molar-refractivity contribution in [2.75, 3.05) is 32.3 Å². The minimum absolute atomic E-state index is 0.00200. The average Bonchev–Trinajstić information content (AvgIpc) is 3.06. The fourth-order valence-corrected chi connectivity index (χ4v) is 5.42. The number of methoxy groups -OCH3 is 2. The lowest BCUT2D eigenvalue weighted by molar-refractivity contribution is 0.0987. The van der Waals surface area contributed by atoms with Crippen LogP contribution in [0.2, 0.25) is 0 Å². The summed E-state index contributed by atoms with van der Waals surface area (Å²) in [5.74, 6) is -0.384. The van der Waals surface area contributed by atoms with E-state index in [1.54, 1.807) is 47.9 Å². The number of halogens is 3. The molecule has 7 nitrogen and oxygen atoms in total. The van der Waals surface area contributed by atoms with Crippen molar-refractivity contribution >= 4 is 34.1 Å². The van der Waals surface area contributed by atoms with Gasteiger partial charge in [-0.15, -0.1) is 11.6 Å². The maximum absolute atomic E-state index is 14.1. The number of amides is 1. The largest absolute Gasteiger partial charge is 0.497 e. The maximum Gasteiger partial charge on any atom is 0.263 e. The summed E-state index contributed by atoms with van der Waals surface area (Å²) in [5.41, 5.74) is 2.54. The molecule has 0 unspecified atom stereocenters. The minimum atomic E-state index is -0.836. The average molecular weight is 647 g/mol. The summed E-state index contributed by atoms with van der Waals surface area (Å²) in [7, 11) is 3.04. The Morgan fingerprint density at radius 1 is 0.848 bits per heavy atom. The number of fused-ring (bicyclic) bond motifs is 1. The molecular weight excluding hydrogens is 614 g/mol. The van der Waals surface area contributed by atoms with E-state index in [-0.39, 0.29) is 23.2 Å². The molecule has 1 amide bonds. The molecule has 0 bridgehead atoms. The van der Waals surface area contributed by atoms with E-state index in [1.165, 1.54) is 26.0 Å². The molecule has 5 rings (SSSR count). The Labute approximate surface area is 270 Å². The van der Waals surface area contributed by atoms with Gasteiger partial charge in [0.2, 0.25) is 5.43 Å². The zero-order chi connectivity index (χ0) is 32.8. The van der Waals surface area contributed by atoms with Gasteiger partial charge in [0.15, 0.2) is 0 Å². The van der Waals surface area contributed by atoms with Gasteiger partial charge in [0.25, 0.3) is 5.91 Å². The lowest BCUT2D eigenvalue weighted by atomic mass is 10.1. The molecule has 0 atom stereocenters. The number of nitrogens with zero attached hydrogens (tertiary/aromatic N) is 2. The summed E-state index contributed by atoms with van der Waals surface area (Å²) in [6, 6.07) is 21.2. The molecule has 0 aliphatic carbocycles. The van der Waals surface area contributed by atoms with Crippen molar-refractivity contribution in [2.45, 2.75) is 25.6 Å². The third kappa shape index (κ3) is 7.15. The van der Waals surface area contributed by atoms with Crippen LogP contribution in [0.25, 0.3) is 16.6 Å². The van der Waals surface area contributed by atoms with Gasteiger partial charge in [0, 0.05) is 60.0 Å². The second-order valence-corrected chi connectivity index (χ2v) is 10.8. The zero-order valence-electron chi connectivity index (χ0n) is 25.7. The monoisotopic (exact) mass is 646 g/mol. The predicted molar refractivity (Wildman–Crippen MR) is 176 cm³/mol. The van der Waals surface area contributed by atoms with Gasteiger partial charge < -0.3 is 23.7 Å². The fraction of sp³-hybridized carbons (Fsp3) is 0.222. The second kappa shape index (κ2) is 14.5. The molecule has 0 N–H and O–H groups in total. The van der Waals surface area contributed by atoms with Crippen molar-refractivity contribution in [1.82, 2.24) is 4.57 Å². The van der Waals surface area contributed by atoms with Crippen molar-refractivity contribution < 1.29 is 27.8 Å². The molecule has 238 valence electrons. The molecule has 1 aromatic heterocycles. The number of anilines is 1. The first-order valence-electron chi connectivity index (χ1n) is 14.7. The number of aryl methyl sites for hydroxylation is 1. The number of ether oxygens (including phenoxy) is 3. The van der Waals surface area contributed by atoms with Crippen LogP contribution in [0, 0.1) is 11.6 Å². The number of benzene rings is 4. The molecule has 0 aliphatic rings. The fourth-order valence-electron chi connectivity index (χ4n) is 5.24. The molecule has 1 heterocycles. The summed E-state index contributed by atoms with van der Waals surface area (Å²) in [4.78, 5) is 28.9. The van der Waals surface area contributed by atoms with Gasteiger partial charge in [-0.05, 0) is 55.2 Å². The molecule has 0 saturated carbocycles. The third-order valence-electron chi connectivity index (χ3n) is 7.60. The van der Waals surface area contributed by atoms with Crippen LogP contribution in [-0.2, 0) is 12.3 Å². The van der Waals surface area contributed by atoms with Crippen LogP contribution in [0.4, 0.5) is 14.5 Å². The van der Waals surface area contributed by atoms with Gasteiger partial charge >= 0.3 is 0 Å². The summed E-state index contributed by atoms with van der Waals surface area (Å²) in [6.07, 6.45) is 3.01. The van der Waals surface area contributed by atoms with Crippen molar-refractivity contribution in [2.24, 2.45) is 0 Å². The highest BCUT2D eigenvalue weighted by Gasteiger charge is 2.24. The molecule has 0 fully saturated rings. The molecular formula is C36H33ClF2N2O5. The van der Waals surface area contributed by atoms with E-state index >= 15 is 0 Å². The molecule has 4 aromatic carbocycles. The van der Waals surface area contributed by atoms with E-state index in [0.717, 1.165) is 41.5 Å². The van der Waals surface area contributed by atoms with Crippen LogP contribution in [0.15, 0.2) is 89.9 Å². The van der Waals surface area contributed by atoms with Gasteiger partial charge in [0.1, 0.15) is 34.4 Å². The van der Waals surface area contributed by atoms with E-state index in [2.05, 4.69) is 12.1 Å². The lowest BCUT2D eigenvalue weighted by Gasteiger charge is -2.22. The van der Waals surface area contributed by atoms with Crippen molar-refractivity contribution in [1.29, 1.82) is 0 Å². The van der Waals surface area contributed by atoms with Gasteiger partial charge in [-0.2, -0.15) is 0 Å².